The molecular weight excluding hydrogens is 312 g/mol. The zero-order valence-corrected chi connectivity index (χ0v) is 15.2. The fourth-order valence-electron chi connectivity index (χ4n) is 2.89. The van der Waals surface area contributed by atoms with Gasteiger partial charge in [-0.05, 0) is 42.0 Å². The average Bonchev–Trinajstić information content (AvgIpc) is 3.45. The van der Waals surface area contributed by atoms with Crippen LogP contribution in [-0.2, 0) is 6.54 Å². The van der Waals surface area contributed by atoms with Crippen molar-refractivity contribution in [3.05, 3.63) is 59.7 Å². The van der Waals surface area contributed by atoms with Crippen LogP contribution in [0.5, 0.6) is 5.75 Å². The second-order valence-electron chi connectivity index (χ2n) is 6.89. The highest BCUT2D eigenvalue weighted by molar-refractivity contribution is 5.91. The number of hydrogen-bond donors (Lipinski definition) is 1. The van der Waals surface area contributed by atoms with Crippen molar-refractivity contribution in [3.63, 3.8) is 0 Å². The standard InChI is InChI=1S/C21H26N2O2/c1-15(2)17-10-8-16(9-11-17)14-23(18-12-13-18)21(24)22-19-6-4-5-7-20(19)25-3/h4-11,15,18H,12-14H2,1-3H3,(H,22,24). The van der Waals surface area contributed by atoms with Crippen LogP contribution < -0.4 is 10.1 Å². The molecule has 0 heterocycles. The van der Waals surface area contributed by atoms with E-state index in [2.05, 4.69) is 43.4 Å². The Kier molecular flexibility index (Phi) is 5.27. The van der Waals surface area contributed by atoms with Crippen molar-refractivity contribution < 1.29 is 9.53 Å². The van der Waals surface area contributed by atoms with Gasteiger partial charge in [0.25, 0.3) is 0 Å². The van der Waals surface area contributed by atoms with Gasteiger partial charge in [-0.3, -0.25) is 0 Å². The second kappa shape index (κ2) is 7.60. The molecule has 4 heteroatoms. The summed E-state index contributed by atoms with van der Waals surface area (Å²) in [6.07, 6.45) is 2.15. The van der Waals surface area contributed by atoms with E-state index in [1.54, 1.807) is 7.11 Å². The van der Waals surface area contributed by atoms with Crippen molar-refractivity contribution in [2.75, 3.05) is 12.4 Å². The first-order chi connectivity index (χ1) is 12.1. The summed E-state index contributed by atoms with van der Waals surface area (Å²) in [6.45, 7) is 5.00. The van der Waals surface area contributed by atoms with Gasteiger partial charge in [0.1, 0.15) is 5.75 Å². The third-order valence-electron chi connectivity index (χ3n) is 4.60. The molecule has 0 aliphatic heterocycles. The molecule has 3 rings (SSSR count). The molecule has 0 atom stereocenters. The fraction of sp³-hybridized carbons (Fsp3) is 0.381. The lowest BCUT2D eigenvalue weighted by atomic mass is 10.0. The Labute approximate surface area is 149 Å². The van der Waals surface area contributed by atoms with E-state index in [1.165, 1.54) is 5.56 Å². The topological polar surface area (TPSA) is 41.6 Å². The van der Waals surface area contributed by atoms with Gasteiger partial charge in [-0.1, -0.05) is 50.2 Å². The largest absolute Gasteiger partial charge is 0.495 e. The normalized spacial score (nSPS) is 13.6. The maximum absolute atomic E-state index is 12.8. The lowest BCUT2D eigenvalue weighted by Gasteiger charge is -2.24. The van der Waals surface area contributed by atoms with E-state index in [4.69, 9.17) is 4.74 Å². The van der Waals surface area contributed by atoms with Crippen molar-refractivity contribution >= 4 is 11.7 Å². The van der Waals surface area contributed by atoms with Crippen LogP contribution in [0.4, 0.5) is 10.5 Å². The minimum absolute atomic E-state index is 0.0695. The van der Waals surface area contributed by atoms with Crippen LogP contribution in [0.25, 0.3) is 0 Å². The minimum Gasteiger partial charge on any atom is -0.495 e. The number of ether oxygens (including phenoxy) is 1. The van der Waals surface area contributed by atoms with Crippen molar-refractivity contribution in [3.8, 4) is 5.75 Å². The van der Waals surface area contributed by atoms with Crippen LogP contribution >= 0.6 is 0 Å². The van der Waals surface area contributed by atoms with E-state index < -0.39 is 0 Å². The van der Waals surface area contributed by atoms with Crippen LogP contribution in [0, 0.1) is 0 Å². The molecule has 1 saturated carbocycles. The number of rotatable bonds is 6. The SMILES string of the molecule is COc1ccccc1NC(=O)N(Cc1ccc(C(C)C)cc1)C1CC1. The van der Waals surface area contributed by atoms with Crippen LogP contribution in [0.3, 0.4) is 0 Å². The highest BCUT2D eigenvalue weighted by Gasteiger charge is 2.32. The van der Waals surface area contributed by atoms with Crippen molar-refractivity contribution in [1.29, 1.82) is 0 Å². The van der Waals surface area contributed by atoms with E-state index in [9.17, 15) is 4.79 Å². The summed E-state index contributed by atoms with van der Waals surface area (Å²) in [4.78, 5) is 14.7. The van der Waals surface area contributed by atoms with Gasteiger partial charge in [0, 0.05) is 12.6 Å². The van der Waals surface area contributed by atoms with E-state index in [0.717, 1.165) is 18.4 Å². The van der Waals surface area contributed by atoms with Gasteiger partial charge in [0.2, 0.25) is 0 Å². The lowest BCUT2D eigenvalue weighted by Crippen LogP contribution is -2.36. The van der Waals surface area contributed by atoms with Gasteiger partial charge >= 0.3 is 6.03 Å². The first-order valence-corrected chi connectivity index (χ1v) is 8.88. The number of carbonyl (C=O) groups excluding carboxylic acids is 1. The van der Waals surface area contributed by atoms with Gasteiger partial charge in [-0.15, -0.1) is 0 Å². The van der Waals surface area contributed by atoms with Crippen LogP contribution in [0.2, 0.25) is 0 Å². The predicted octanol–water partition coefficient (Wildman–Crippen LogP) is 5.02. The molecular formula is C21H26N2O2. The Hall–Kier alpha value is -2.49. The van der Waals surface area contributed by atoms with Gasteiger partial charge in [-0.25, -0.2) is 4.79 Å². The number of benzene rings is 2. The molecule has 0 spiro atoms. The van der Waals surface area contributed by atoms with E-state index >= 15 is 0 Å². The molecule has 2 aromatic carbocycles. The molecule has 1 fully saturated rings. The number of para-hydroxylation sites is 2. The summed E-state index contributed by atoms with van der Waals surface area (Å²) in [5.41, 5.74) is 3.18. The Balaban J connectivity index is 1.71. The highest BCUT2D eigenvalue weighted by Crippen LogP contribution is 2.30. The first-order valence-electron chi connectivity index (χ1n) is 8.88. The number of nitrogens with zero attached hydrogens (tertiary/aromatic N) is 1. The Bertz CT molecular complexity index is 721. The molecule has 25 heavy (non-hydrogen) atoms. The number of carbonyl (C=O) groups is 1. The molecule has 2 aromatic rings. The number of nitrogens with one attached hydrogen (secondary N) is 1. The molecule has 132 valence electrons. The maximum atomic E-state index is 12.8. The van der Waals surface area contributed by atoms with Crippen molar-refractivity contribution in [1.82, 2.24) is 4.90 Å². The number of hydrogen-bond acceptors (Lipinski definition) is 2. The van der Waals surface area contributed by atoms with Crippen LogP contribution in [0.1, 0.15) is 43.7 Å². The van der Waals surface area contributed by atoms with Crippen LogP contribution in [0.15, 0.2) is 48.5 Å². The summed E-state index contributed by atoms with van der Waals surface area (Å²) >= 11 is 0. The Morgan fingerprint density at radius 1 is 1.16 bits per heavy atom. The van der Waals surface area contributed by atoms with Gasteiger partial charge < -0.3 is 15.0 Å². The third kappa shape index (κ3) is 4.32. The van der Waals surface area contributed by atoms with E-state index in [1.807, 2.05) is 29.2 Å². The number of methoxy groups -OCH3 is 1. The van der Waals surface area contributed by atoms with E-state index in [-0.39, 0.29) is 6.03 Å². The second-order valence-corrected chi connectivity index (χ2v) is 6.89. The van der Waals surface area contributed by atoms with E-state index in [0.29, 0.717) is 29.9 Å². The maximum Gasteiger partial charge on any atom is 0.322 e. The quantitative estimate of drug-likeness (QED) is 0.804. The Morgan fingerprint density at radius 3 is 2.44 bits per heavy atom. The molecule has 1 N–H and O–H groups in total. The van der Waals surface area contributed by atoms with Crippen molar-refractivity contribution in [2.45, 2.75) is 45.2 Å². The lowest BCUT2D eigenvalue weighted by molar-refractivity contribution is 0.206. The molecule has 0 radical (unpaired) electrons. The van der Waals surface area contributed by atoms with Gasteiger partial charge in [0.05, 0.1) is 12.8 Å². The highest BCUT2D eigenvalue weighted by atomic mass is 16.5. The smallest absolute Gasteiger partial charge is 0.322 e. The van der Waals surface area contributed by atoms with Gasteiger partial charge in [-0.2, -0.15) is 0 Å². The monoisotopic (exact) mass is 338 g/mol. The number of amides is 2. The average molecular weight is 338 g/mol. The zero-order valence-electron chi connectivity index (χ0n) is 15.2. The molecule has 4 nitrogen and oxygen atoms in total. The molecule has 0 unspecified atom stereocenters. The molecule has 0 bridgehead atoms. The fourth-order valence-corrected chi connectivity index (χ4v) is 2.89. The summed E-state index contributed by atoms with van der Waals surface area (Å²) in [7, 11) is 1.61. The number of urea groups is 1. The molecule has 0 aromatic heterocycles. The predicted molar refractivity (Wildman–Crippen MR) is 101 cm³/mol. The Morgan fingerprint density at radius 2 is 1.84 bits per heavy atom. The third-order valence-corrected chi connectivity index (χ3v) is 4.60. The van der Waals surface area contributed by atoms with Crippen LogP contribution in [-0.4, -0.2) is 24.1 Å². The summed E-state index contributed by atoms with van der Waals surface area (Å²) in [5.74, 6) is 1.19. The minimum atomic E-state index is -0.0695. The summed E-state index contributed by atoms with van der Waals surface area (Å²) in [5, 5.41) is 2.99. The molecule has 1 aliphatic rings. The van der Waals surface area contributed by atoms with Crippen molar-refractivity contribution in [2.24, 2.45) is 0 Å². The number of anilines is 1. The molecule has 2 amide bonds. The zero-order chi connectivity index (χ0) is 17.8. The summed E-state index contributed by atoms with van der Waals surface area (Å²) in [6, 6.07) is 16.3. The van der Waals surface area contributed by atoms with Gasteiger partial charge in [0.15, 0.2) is 0 Å². The first kappa shape index (κ1) is 17.3. The summed E-state index contributed by atoms with van der Waals surface area (Å²) < 4.78 is 5.32. The molecule has 1 aliphatic carbocycles. The molecule has 0 saturated heterocycles.